The van der Waals surface area contributed by atoms with Crippen molar-refractivity contribution in [2.75, 3.05) is 32.7 Å². The highest BCUT2D eigenvalue weighted by molar-refractivity contribution is 5.94. The number of nitrogens with one attached hydrogen (secondary N) is 2. The Labute approximate surface area is 226 Å². The minimum atomic E-state index is -0.0265. The lowest BCUT2D eigenvalue weighted by atomic mass is 9.72. The topological polar surface area (TPSA) is 84.2 Å². The van der Waals surface area contributed by atoms with Gasteiger partial charge in [0.2, 0.25) is 0 Å². The van der Waals surface area contributed by atoms with Crippen molar-refractivity contribution < 1.29 is 4.79 Å². The number of hydrogen-bond acceptors (Lipinski definition) is 5. The molecule has 2 N–H and O–H groups in total. The van der Waals surface area contributed by atoms with Gasteiger partial charge in [-0.15, -0.1) is 0 Å². The van der Waals surface area contributed by atoms with Gasteiger partial charge in [0.25, 0.3) is 5.91 Å². The van der Waals surface area contributed by atoms with Crippen molar-refractivity contribution in [1.29, 1.82) is 0 Å². The zero-order chi connectivity index (χ0) is 26.6. The number of rotatable bonds is 8. The van der Waals surface area contributed by atoms with Gasteiger partial charge in [-0.2, -0.15) is 0 Å². The zero-order valence-corrected chi connectivity index (χ0v) is 23.2. The van der Waals surface area contributed by atoms with Crippen LogP contribution < -0.4 is 0 Å². The van der Waals surface area contributed by atoms with Crippen LogP contribution >= 0.6 is 0 Å². The first-order valence-corrected chi connectivity index (χ1v) is 14.1. The van der Waals surface area contributed by atoms with Crippen molar-refractivity contribution in [2.24, 2.45) is 10.8 Å². The number of piperidine rings is 2. The molecule has 0 saturated carbocycles. The Bertz CT molecular complexity index is 1100. The molecule has 0 atom stereocenters. The van der Waals surface area contributed by atoms with E-state index in [1.165, 1.54) is 50.9 Å². The van der Waals surface area contributed by atoms with Crippen LogP contribution in [0.25, 0.3) is 0 Å². The molecule has 204 valence electrons. The first-order chi connectivity index (χ1) is 18.3. The number of imidazole rings is 2. The van der Waals surface area contributed by atoms with Crippen molar-refractivity contribution in [3.8, 4) is 0 Å². The van der Waals surface area contributed by atoms with Crippen molar-refractivity contribution in [2.45, 2.75) is 66.1 Å². The maximum absolute atomic E-state index is 13.4. The van der Waals surface area contributed by atoms with Gasteiger partial charge in [-0.25, -0.2) is 9.97 Å². The largest absolute Gasteiger partial charge is 0.347 e. The summed E-state index contributed by atoms with van der Waals surface area (Å²) in [6.07, 6.45) is 12.3. The highest BCUT2D eigenvalue weighted by Gasteiger charge is 2.38. The van der Waals surface area contributed by atoms with E-state index in [-0.39, 0.29) is 5.91 Å². The molecule has 3 aromatic rings. The molecular formula is C30H43N7O. The van der Waals surface area contributed by atoms with E-state index in [1.54, 1.807) is 29.7 Å². The number of hydrogen-bond donors (Lipinski definition) is 2. The molecule has 0 bridgehead atoms. The maximum Gasteiger partial charge on any atom is 0.254 e. The maximum atomic E-state index is 13.4. The summed E-state index contributed by atoms with van der Waals surface area (Å²) < 4.78 is 0. The van der Waals surface area contributed by atoms with Crippen LogP contribution in [0.2, 0.25) is 0 Å². The summed E-state index contributed by atoms with van der Waals surface area (Å²) in [5, 5.41) is 0. The molecule has 0 unspecified atom stereocenters. The van der Waals surface area contributed by atoms with E-state index in [0.717, 1.165) is 31.3 Å². The number of amides is 1. The molecule has 38 heavy (non-hydrogen) atoms. The fourth-order valence-electron chi connectivity index (χ4n) is 6.23. The average Bonchev–Trinajstić information content (AvgIpc) is 3.59. The molecule has 2 fully saturated rings. The number of carbonyl (C=O) groups is 1. The Kier molecular flexibility index (Phi) is 8.00. The summed E-state index contributed by atoms with van der Waals surface area (Å²) in [6.45, 7) is 14.8. The van der Waals surface area contributed by atoms with Crippen LogP contribution in [0.4, 0.5) is 0 Å². The smallest absolute Gasteiger partial charge is 0.254 e. The van der Waals surface area contributed by atoms with Gasteiger partial charge in [0.05, 0.1) is 13.1 Å². The van der Waals surface area contributed by atoms with Crippen LogP contribution in [-0.4, -0.2) is 73.3 Å². The fraction of sp³-hybridized carbons (Fsp3) is 0.567. The first kappa shape index (κ1) is 26.6. The van der Waals surface area contributed by atoms with Crippen LogP contribution in [0.5, 0.6) is 0 Å². The van der Waals surface area contributed by atoms with Crippen LogP contribution in [0.3, 0.4) is 0 Å². The van der Waals surface area contributed by atoms with E-state index >= 15 is 0 Å². The zero-order valence-electron chi connectivity index (χ0n) is 23.2. The molecular weight excluding hydrogens is 474 g/mol. The van der Waals surface area contributed by atoms with Crippen LogP contribution in [-0.2, 0) is 19.6 Å². The van der Waals surface area contributed by atoms with Crippen LogP contribution in [0.15, 0.2) is 49.1 Å². The Morgan fingerprint density at radius 3 is 2.11 bits per heavy atom. The van der Waals surface area contributed by atoms with Crippen molar-refractivity contribution in [1.82, 2.24) is 34.6 Å². The molecule has 1 aromatic carbocycles. The van der Waals surface area contributed by atoms with E-state index in [2.05, 4.69) is 62.6 Å². The molecule has 2 aliphatic heterocycles. The fourth-order valence-corrected chi connectivity index (χ4v) is 6.23. The SMILES string of the molecule is CC(C)(C)CN1CCCC2(CCN(Cc3ccc(C(=O)N(Cc4ncc[nH]4)Cc4ncc[nH]4)cc3)CC2)C1. The van der Waals surface area contributed by atoms with E-state index < -0.39 is 0 Å². The van der Waals surface area contributed by atoms with E-state index in [0.29, 0.717) is 29.5 Å². The third kappa shape index (κ3) is 6.91. The van der Waals surface area contributed by atoms with Gasteiger partial charge >= 0.3 is 0 Å². The monoisotopic (exact) mass is 517 g/mol. The van der Waals surface area contributed by atoms with Crippen LogP contribution in [0, 0.1) is 10.8 Å². The molecule has 0 radical (unpaired) electrons. The van der Waals surface area contributed by atoms with Crippen LogP contribution in [0.1, 0.15) is 74.0 Å². The predicted octanol–water partition coefficient (Wildman–Crippen LogP) is 4.70. The Morgan fingerprint density at radius 2 is 1.55 bits per heavy atom. The number of benzene rings is 1. The van der Waals surface area contributed by atoms with Gasteiger partial charge < -0.3 is 19.8 Å². The van der Waals surface area contributed by atoms with E-state index in [9.17, 15) is 4.79 Å². The molecule has 8 nitrogen and oxygen atoms in total. The van der Waals surface area contributed by atoms with Crippen molar-refractivity contribution >= 4 is 5.91 Å². The van der Waals surface area contributed by atoms with Crippen molar-refractivity contribution in [3.05, 3.63) is 71.8 Å². The standard InChI is InChI=1S/C30H43N7O/c1-29(2,3)22-36-16-4-9-30(23-36)10-17-35(18-11-30)19-24-5-7-25(8-6-24)28(38)37(20-26-31-12-13-32-26)21-27-33-14-15-34-27/h5-8,12-15H,4,9-11,16-23H2,1-3H3,(H,31,32)(H,33,34). The van der Waals surface area contributed by atoms with Gasteiger partial charge in [0.1, 0.15) is 11.6 Å². The number of carbonyl (C=O) groups excluding carboxylic acids is 1. The highest BCUT2D eigenvalue weighted by Crippen LogP contribution is 2.40. The summed E-state index contributed by atoms with van der Waals surface area (Å²) in [5.41, 5.74) is 2.81. The number of H-pyrrole nitrogens is 2. The molecule has 8 heteroatoms. The normalized spacial score (nSPS) is 18.6. The molecule has 4 heterocycles. The Balaban J connectivity index is 1.16. The molecule has 2 saturated heterocycles. The van der Waals surface area contributed by atoms with Gasteiger partial charge in [0, 0.05) is 50.0 Å². The van der Waals surface area contributed by atoms with Gasteiger partial charge in [0.15, 0.2) is 0 Å². The summed E-state index contributed by atoms with van der Waals surface area (Å²) in [6, 6.07) is 8.15. The lowest BCUT2D eigenvalue weighted by molar-refractivity contribution is 0.0101. The second kappa shape index (κ2) is 11.4. The molecule has 1 spiro atoms. The summed E-state index contributed by atoms with van der Waals surface area (Å²) in [7, 11) is 0. The van der Waals surface area contributed by atoms with Gasteiger partial charge in [-0.05, 0) is 73.8 Å². The Hall–Kier alpha value is -2.97. The van der Waals surface area contributed by atoms with Gasteiger partial charge in [-0.3, -0.25) is 9.69 Å². The van der Waals surface area contributed by atoms with E-state index in [1.807, 2.05) is 12.1 Å². The third-order valence-corrected chi connectivity index (χ3v) is 8.04. The molecule has 1 amide bonds. The summed E-state index contributed by atoms with van der Waals surface area (Å²) in [5.74, 6) is 1.48. The lowest BCUT2D eigenvalue weighted by Crippen LogP contribution is -2.50. The average molecular weight is 518 g/mol. The lowest BCUT2D eigenvalue weighted by Gasteiger charge is -2.49. The Morgan fingerprint density at radius 1 is 0.921 bits per heavy atom. The number of aromatic amines is 2. The first-order valence-electron chi connectivity index (χ1n) is 14.1. The highest BCUT2D eigenvalue weighted by atomic mass is 16.2. The molecule has 2 aliphatic rings. The van der Waals surface area contributed by atoms with Gasteiger partial charge in [-0.1, -0.05) is 32.9 Å². The van der Waals surface area contributed by atoms with E-state index in [4.69, 9.17) is 0 Å². The number of nitrogens with zero attached hydrogens (tertiary/aromatic N) is 5. The second-order valence-corrected chi connectivity index (χ2v) is 12.6. The second-order valence-electron chi connectivity index (χ2n) is 12.6. The third-order valence-electron chi connectivity index (χ3n) is 8.04. The predicted molar refractivity (Wildman–Crippen MR) is 149 cm³/mol. The number of likely N-dealkylation sites (tertiary alicyclic amines) is 2. The molecule has 0 aliphatic carbocycles. The minimum absolute atomic E-state index is 0.0265. The molecule has 5 rings (SSSR count). The quantitative estimate of drug-likeness (QED) is 0.453. The minimum Gasteiger partial charge on any atom is -0.347 e. The molecule has 2 aromatic heterocycles. The summed E-state index contributed by atoms with van der Waals surface area (Å²) >= 11 is 0. The summed E-state index contributed by atoms with van der Waals surface area (Å²) in [4.78, 5) is 35.3. The number of aromatic nitrogens is 4. The van der Waals surface area contributed by atoms with Crippen molar-refractivity contribution in [3.63, 3.8) is 0 Å².